The third-order valence-electron chi connectivity index (χ3n) is 3.12. The number of hydrogen-bond acceptors (Lipinski definition) is 3. The number of rotatable bonds is 1. The fourth-order valence-electron chi connectivity index (χ4n) is 2.48. The molecule has 78 valence electrons. The number of nitrogens with zero attached hydrogens (tertiary/aromatic N) is 1. The monoisotopic (exact) mass is 198 g/mol. The van der Waals surface area contributed by atoms with Crippen molar-refractivity contribution in [3.05, 3.63) is 0 Å². The zero-order chi connectivity index (χ0) is 10.1. The summed E-state index contributed by atoms with van der Waals surface area (Å²) in [6, 6.07) is 0.416. The number of hydrogen-bond donors (Lipinski definition) is 2. The van der Waals surface area contributed by atoms with E-state index in [0.29, 0.717) is 6.04 Å². The van der Waals surface area contributed by atoms with E-state index in [1.807, 2.05) is 0 Å². The summed E-state index contributed by atoms with van der Waals surface area (Å²) < 4.78 is 0. The maximum absolute atomic E-state index is 11.0. The van der Waals surface area contributed by atoms with E-state index in [4.69, 9.17) is 5.11 Å². The molecule has 0 aromatic heterocycles. The van der Waals surface area contributed by atoms with Crippen molar-refractivity contribution in [2.24, 2.45) is 0 Å². The van der Waals surface area contributed by atoms with Crippen LogP contribution >= 0.6 is 0 Å². The fourth-order valence-corrected chi connectivity index (χ4v) is 2.48. The summed E-state index contributed by atoms with van der Waals surface area (Å²) >= 11 is 0. The second-order valence-corrected chi connectivity index (χ2v) is 3.92. The van der Waals surface area contributed by atoms with Crippen LogP contribution in [-0.2, 0) is 9.59 Å². The smallest absolute Gasteiger partial charge is 0.394 e. The molecule has 2 heterocycles. The van der Waals surface area contributed by atoms with E-state index in [1.165, 1.54) is 0 Å². The van der Waals surface area contributed by atoms with Crippen molar-refractivity contribution in [2.75, 3.05) is 13.1 Å². The normalized spacial score (nSPS) is 31.4. The van der Waals surface area contributed by atoms with E-state index >= 15 is 0 Å². The van der Waals surface area contributed by atoms with Gasteiger partial charge in [0.1, 0.15) is 0 Å². The van der Waals surface area contributed by atoms with Gasteiger partial charge in [-0.25, -0.2) is 4.79 Å². The first-order chi connectivity index (χ1) is 6.68. The topological polar surface area (TPSA) is 69.6 Å². The molecule has 2 aliphatic rings. The maximum atomic E-state index is 11.0. The Hall–Kier alpha value is -1.10. The molecule has 5 nitrogen and oxygen atoms in total. The first-order valence-electron chi connectivity index (χ1n) is 4.96. The van der Waals surface area contributed by atoms with Gasteiger partial charge in [-0.1, -0.05) is 0 Å². The van der Waals surface area contributed by atoms with Crippen LogP contribution in [0.3, 0.4) is 0 Å². The van der Waals surface area contributed by atoms with Crippen molar-refractivity contribution in [3.8, 4) is 0 Å². The van der Waals surface area contributed by atoms with E-state index in [1.54, 1.807) is 0 Å². The number of fused-ring (bicyclic) bond motifs is 1. The van der Waals surface area contributed by atoms with Gasteiger partial charge in [-0.05, 0) is 25.8 Å². The minimum atomic E-state index is -1.39. The highest BCUT2D eigenvalue weighted by molar-refractivity contribution is 6.31. The first kappa shape index (κ1) is 9.45. The third-order valence-corrected chi connectivity index (χ3v) is 3.12. The molecular weight excluding hydrogens is 184 g/mol. The van der Waals surface area contributed by atoms with Crippen molar-refractivity contribution in [2.45, 2.75) is 31.3 Å². The Bertz CT molecular complexity index is 267. The van der Waals surface area contributed by atoms with E-state index < -0.39 is 11.9 Å². The quantitative estimate of drug-likeness (QED) is 0.553. The number of carbonyl (C=O) groups excluding carboxylic acids is 1. The highest BCUT2D eigenvalue weighted by Crippen LogP contribution is 2.27. The summed E-state index contributed by atoms with van der Waals surface area (Å²) in [5, 5.41) is 11.0. The Morgan fingerprint density at radius 1 is 1.29 bits per heavy atom. The predicted octanol–water partition coefficient (Wildman–Crippen LogP) is -0.576. The van der Waals surface area contributed by atoms with Crippen LogP contribution in [0.15, 0.2) is 0 Å². The Morgan fingerprint density at radius 2 is 2.07 bits per heavy atom. The molecule has 2 N–H and O–H groups in total. The molecule has 0 aromatic rings. The molecule has 0 aliphatic carbocycles. The molecule has 0 saturated carbocycles. The number of carbonyl (C=O) groups is 2. The highest BCUT2D eigenvalue weighted by Gasteiger charge is 2.38. The van der Waals surface area contributed by atoms with E-state index in [0.717, 1.165) is 32.4 Å². The van der Waals surface area contributed by atoms with Gasteiger partial charge in [0.15, 0.2) is 0 Å². The Morgan fingerprint density at radius 3 is 2.79 bits per heavy atom. The summed E-state index contributed by atoms with van der Waals surface area (Å²) in [6.07, 6.45) is 3.11. The van der Waals surface area contributed by atoms with E-state index in [9.17, 15) is 9.59 Å². The molecule has 14 heavy (non-hydrogen) atoms. The van der Waals surface area contributed by atoms with Gasteiger partial charge in [-0.15, -0.1) is 0 Å². The minimum Gasteiger partial charge on any atom is -0.474 e. The van der Waals surface area contributed by atoms with Gasteiger partial charge < -0.3 is 10.4 Å². The summed E-state index contributed by atoms with van der Waals surface area (Å²) in [4.78, 5) is 23.6. The number of amides is 1. The molecule has 0 radical (unpaired) electrons. The molecule has 2 saturated heterocycles. The molecule has 2 unspecified atom stereocenters. The van der Waals surface area contributed by atoms with Crippen LogP contribution in [0.2, 0.25) is 0 Å². The largest absolute Gasteiger partial charge is 0.474 e. The van der Waals surface area contributed by atoms with Gasteiger partial charge >= 0.3 is 11.9 Å². The molecule has 2 rings (SSSR count). The maximum Gasteiger partial charge on any atom is 0.394 e. The number of carboxylic acids is 1. The van der Waals surface area contributed by atoms with Crippen molar-refractivity contribution in [1.82, 2.24) is 10.2 Å². The van der Waals surface area contributed by atoms with Gasteiger partial charge in [0.05, 0.1) is 0 Å². The van der Waals surface area contributed by atoms with E-state index in [-0.39, 0.29) is 6.04 Å². The number of carboxylic acid groups (broad SMARTS) is 1. The molecule has 1 amide bonds. The van der Waals surface area contributed by atoms with Crippen LogP contribution in [0.25, 0.3) is 0 Å². The summed E-state index contributed by atoms with van der Waals surface area (Å²) in [5.41, 5.74) is 0. The molecule has 0 bridgehead atoms. The third kappa shape index (κ3) is 1.59. The standard InChI is InChI=1S/C9H14N2O3/c12-8(9(13)14)10-6-3-5-11-4-1-2-7(6)11/h6-7H,1-5H2,(H,10,12)(H,13,14). The van der Waals surface area contributed by atoms with Crippen LogP contribution in [0.5, 0.6) is 0 Å². The van der Waals surface area contributed by atoms with Crippen molar-refractivity contribution >= 4 is 11.9 Å². The summed E-state index contributed by atoms with van der Waals surface area (Å²) in [6.45, 7) is 2.07. The fraction of sp³-hybridized carbons (Fsp3) is 0.778. The minimum absolute atomic E-state index is 0.0427. The summed E-state index contributed by atoms with van der Waals surface area (Å²) in [5.74, 6) is -2.26. The Kier molecular flexibility index (Phi) is 2.41. The van der Waals surface area contributed by atoms with Crippen LogP contribution in [0, 0.1) is 0 Å². The second kappa shape index (κ2) is 3.57. The van der Waals surface area contributed by atoms with Crippen molar-refractivity contribution in [3.63, 3.8) is 0 Å². The zero-order valence-corrected chi connectivity index (χ0v) is 7.90. The predicted molar refractivity (Wildman–Crippen MR) is 48.8 cm³/mol. The number of aliphatic carboxylic acids is 1. The first-order valence-corrected chi connectivity index (χ1v) is 4.96. The zero-order valence-electron chi connectivity index (χ0n) is 7.90. The van der Waals surface area contributed by atoms with Gasteiger partial charge in [0.2, 0.25) is 0 Å². The van der Waals surface area contributed by atoms with Crippen molar-refractivity contribution < 1.29 is 14.7 Å². The Labute approximate surface area is 82.1 Å². The average molecular weight is 198 g/mol. The van der Waals surface area contributed by atoms with Crippen LogP contribution in [-0.4, -0.2) is 47.1 Å². The lowest BCUT2D eigenvalue weighted by Crippen LogP contribution is -2.44. The van der Waals surface area contributed by atoms with Crippen LogP contribution < -0.4 is 5.32 Å². The van der Waals surface area contributed by atoms with E-state index in [2.05, 4.69) is 10.2 Å². The average Bonchev–Trinajstić information content (AvgIpc) is 2.69. The lowest BCUT2D eigenvalue weighted by atomic mass is 10.1. The lowest BCUT2D eigenvalue weighted by molar-refractivity contribution is -0.150. The van der Waals surface area contributed by atoms with Crippen LogP contribution in [0.4, 0.5) is 0 Å². The van der Waals surface area contributed by atoms with Gasteiger partial charge in [0, 0.05) is 18.6 Å². The Balaban J connectivity index is 1.93. The molecule has 2 fully saturated rings. The molecule has 0 spiro atoms. The van der Waals surface area contributed by atoms with Gasteiger partial charge in [-0.3, -0.25) is 9.69 Å². The highest BCUT2D eigenvalue weighted by atomic mass is 16.4. The molecule has 0 aromatic carbocycles. The SMILES string of the molecule is O=C(O)C(=O)NC1CCN2CCCC12. The molecule has 2 aliphatic heterocycles. The van der Waals surface area contributed by atoms with Crippen LogP contribution in [0.1, 0.15) is 19.3 Å². The molecule has 2 atom stereocenters. The van der Waals surface area contributed by atoms with Gasteiger partial charge in [0.25, 0.3) is 0 Å². The summed E-state index contributed by atoms with van der Waals surface area (Å²) in [7, 11) is 0. The molecular formula is C9H14N2O3. The number of nitrogens with one attached hydrogen (secondary N) is 1. The van der Waals surface area contributed by atoms with Gasteiger partial charge in [-0.2, -0.15) is 0 Å². The van der Waals surface area contributed by atoms with Crippen molar-refractivity contribution in [1.29, 1.82) is 0 Å². The second-order valence-electron chi connectivity index (χ2n) is 3.92. The molecule has 5 heteroatoms. The lowest BCUT2D eigenvalue weighted by Gasteiger charge is -2.20.